The molecule has 2 amide bonds. The van der Waals surface area contributed by atoms with Crippen molar-refractivity contribution in [3.05, 3.63) is 0 Å². The summed E-state index contributed by atoms with van der Waals surface area (Å²) in [5.74, 6) is 1.47. The van der Waals surface area contributed by atoms with Crippen LogP contribution in [0.5, 0.6) is 0 Å². The fourth-order valence-electron chi connectivity index (χ4n) is 2.68. The van der Waals surface area contributed by atoms with E-state index >= 15 is 0 Å². The third kappa shape index (κ3) is 2.80. The van der Waals surface area contributed by atoms with Gasteiger partial charge < -0.3 is 15.1 Å². The average Bonchev–Trinajstić information content (AvgIpc) is 2.75. The Morgan fingerprint density at radius 1 is 1.22 bits per heavy atom. The molecule has 18 heavy (non-hydrogen) atoms. The molecule has 6 heteroatoms. The third-order valence-electron chi connectivity index (χ3n) is 3.44. The van der Waals surface area contributed by atoms with Gasteiger partial charge in [0.1, 0.15) is 6.04 Å². The van der Waals surface area contributed by atoms with E-state index in [1.807, 2.05) is 4.90 Å². The summed E-state index contributed by atoms with van der Waals surface area (Å²) in [5.41, 5.74) is 0. The van der Waals surface area contributed by atoms with E-state index < -0.39 is 0 Å². The zero-order valence-electron chi connectivity index (χ0n) is 11.2. The number of piperazine rings is 1. The number of nitrogens with zero attached hydrogens (tertiary/aromatic N) is 2. The van der Waals surface area contributed by atoms with Crippen LogP contribution in [0.4, 0.5) is 0 Å². The summed E-state index contributed by atoms with van der Waals surface area (Å²) in [6.45, 7) is 7.17. The minimum Gasteiger partial charge on any atom is -0.338 e. The molecule has 2 rings (SSSR count). The molecule has 0 aliphatic carbocycles. The first-order valence-corrected chi connectivity index (χ1v) is 7.54. The van der Waals surface area contributed by atoms with Gasteiger partial charge in [0.15, 0.2) is 0 Å². The van der Waals surface area contributed by atoms with Crippen LogP contribution in [0.3, 0.4) is 0 Å². The van der Waals surface area contributed by atoms with E-state index in [0.717, 1.165) is 18.8 Å². The van der Waals surface area contributed by atoms with Crippen molar-refractivity contribution >= 4 is 23.6 Å². The molecule has 2 fully saturated rings. The zero-order valence-corrected chi connectivity index (χ0v) is 12.0. The van der Waals surface area contributed by atoms with Crippen LogP contribution >= 0.6 is 11.8 Å². The fraction of sp³-hybridized carbons (Fsp3) is 0.833. The fourth-order valence-corrected chi connectivity index (χ4v) is 3.88. The van der Waals surface area contributed by atoms with Gasteiger partial charge in [-0.2, -0.15) is 0 Å². The summed E-state index contributed by atoms with van der Waals surface area (Å²) in [4.78, 5) is 27.6. The first-order chi connectivity index (χ1) is 8.49. The first-order valence-electron chi connectivity index (χ1n) is 6.39. The van der Waals surface area contributed by atoms with Crippen molar-refractivity contribution in [2.45, 2.75) is 38.9 Å². The van der Waals surface area contributed by atoms with Crippen LogP contribution < -0.4 is 5.32 Å². The predicted molar refractivity (Wildman–Crippen MR) is 72.3 cm³/mol. The van der Waals surface area contributed by atoms with Crippen molar-refractivity contribution in [1.29, 1.82) is 0 Å². The van der Waals surface area contributed by atoms with E-state index in [4.69, 9.17) is 0 Å². The summed E-state index contributed by atoms with van der Waals surface area (Å²) in [7, 11) is 0. The standard InChI is InChI=1S/C12H21N3O2S/c1-8-4-14(5-9(2)13-8)12(17)11-6-18-7-15(11)10(3)16/h8-9,11,13H,4-7H2,1-3H3. The normalized spacial score (nSPS) is 32.7. The van der Waals surface area contributed by atoms with E-state index in [0.29, 0.717) is 18.0 Å². The summed E-state index contributed by atoms with van der Waals surface area (Å²) in [5, 5.41) is 3.41. The molecule has 0 bridgehead atoms. The highest BCUT2D eigenvalue weighted by atomic mass is 32.2. The van der Waals surface area contributed by atoms with Crippen LogP contribution in [0.2, 0.25) is 0 Å². The monoisotopic (exact) mass is 271 g/mol. The molecule has 0 saturated carbocycles. The second-order valence-electron chi connectivity index (χ2n) is 5.22. The molecule has 2 aliphatic heterocycles. The highest BCUT2D eigenvalue weighted by Crippen LogP contribution is 2.23. The van der Waals surface area contributed by atoms with Gasteiger partial charge >= 0.3 is 0 Å². The van der Waals surface area contributed by atoms with E-state index in [-0.39, 0.29) is 17.9 Å². The maximum Gasteiger partial charge on any atom is 0.246 e. The van der Waals surface area contributed by atoms with Crippen LogP contribution in [-0.4, -0.2) is 64.5 Å². The van der Waals surface area contributed by atoms with Gasteiger partial charge in [-0.05, 0) is 13.8 Å². The lowest BCUT2D eigenvalue weighted by molar-refractivity contribution is -0.143. The third-order valence-corrected chi connectivity index (χ3v) is 4.45. The van der Waals surface area contributed by atoms with Crippen molar-refractivity contribution in [3.8, 4) is 0 Å². The van der Waals surface area contributed by atoms with Crippen LogP contribution in [-0.2, 0) is 9.59 Å². The molecule has 2 heterocycles. The number of carbonyl (C=O) groups excluding carboxylic acids is 2. The van der Waals surface area contributed by atoms with Gasteiger partial charge in [-0.1, -0.05) is 0 Å². The quantitative estimate of drug-likeness (QED) is 0.736. The number of thioether (sulfide) groups is 1. The summed E-state index contributed by atoms with van der Waals surface area (Å²) >= 11 is 1.65. The summed E-state index contributed by atoms with van der Waals surface area (Å²) in [6, 6.07) is 0.375. The average molecular weight is 271 g/mol. The minimum atomic E-state index is -0.259. The van der Waals surface area contributed by atoms with E-state index in [1.54, 1.807) is 16.7 Å². The smallest absolute Gasteiger partial charge is 0.246 e. The molecule has 5 nitrogen and oxygen atoms in total. The maximum atomic E-state index is 12.5. The predicted octanol–water partition coefficient (Wildman–Crippen LogP) is 0.117. The highest BCUT2D eigenvalue weighted by molar-refractivity contribution is 7.99. The van der Waals surface area contributed by atoms with Gasteiger partial charge in [0.05, 0.1) is 5.88 Å². The van der Waals surface area contributed by atoms with Crippen molar-refractivity contribution in [2.75, 3.05) is 24.7 Å². The number of nitrogens with one attached hydrogen (secondary N) is 1. The molecule has 0 radical (unpaired) electrons. The second kappa shape index (κ2) is 5.48. The number of carbonyl (C=O) groups is 2. The molecule has 102 valence electrons. The maximum absolute atomic E-state index is 12.5. The van der Waals surface area contributed by atoms with Gasteiger partial charge in [0, 0.05) is 37.8 Å². The van der Waals surface area contributed by atoms with Gasteiger partial charge in [-0.3, -0.25) is 9.59 Å². The van der Waals surface area contributed by atoms with Gasteiger partial charge in [0.2, 0.25) is 11.8 Å². The van der Waals surface area contributed by atoms with Crippen molar-refractivity contribution in [2.24, 2.45) is 0 Å². The van der Waals surface area contributed by atoms with Crippen molar-refractivity contribution in [3.63, 3.8) is 0 Å². The number of hydrogen-bond acceptors (Lipinski definition) is 4. The van der Waals surface area contributed by atoms with Crippen LogP contribution in [0.25, 0.3) is 0 Å². The summed E-state index contributed by atoms with van der Waals surface area (Å²) in [6.07, 6.45) is 0. The topological polar surface area (TPSA) is 52.7 Å². The molecule has 0 aromatic carbocycles. The Kier molecular flexibility index (Phi) is 4.17. The Labute approximate surface area is 112 Å². The molecule has 0 spiro atoms. The molecule has 3 atom stereocenters. The molecular weight excluding hydrogens is 250 g/mol. The van der Waals surface area contributed by atoms with Gasteiger partial charge in [-0.15, -0.1) is 11.8 Å². The van der Waals surface area contributed by atoms with Gasteiger partial charge in [0.25, 0.3) is 0 Å². The lowest BCUT2D eigenvalue weighted by Gasteiger charge is -2.38. The van der Waals surface area contributed by atoms with Gasteiger partial charge in [-0.25, -0.2) is 0 Å². The first kappa shape index (κ1) is 13.7. The summed E-state index contributed by atoms with van der Waals surface area (Å²) < 4.78 is 0. The Morgan fingerprint density at radius 2 is 1.83 bits per heavy atom. The Balaban J connectivity index is 2.04. The van der Waals surface area contributed by atoms with Crippen LogP contribution in [0, 0.1) is 0 Å². The van der Waals surface area contributed by atoms with E-state index in [2.05, 4.69) is 19.2 Å². The molecule has 0 aromatic rings. The molecule has 2 saturated heterocycles. The second-order valence-corrected chi connectivity index (χ2v) is 6.22. The van der Waals surface area contributed by atoms with Crippen molar-refractivity contribution < 1.29 is 9.59 Å². The lowest BCUT2D eigenvalue weighted by Crippen LogP contribution is -2.59. The Bertz CT molecular complexity index is 340. The minimum absolute atomic E-state index is 0.00502. The molecule has 1 N–H and O–H groups in total. The lowest BCUT2D eigenvalue weighted by atomic mass is 10.1. The zero-order chi connectivity index (χ0) is 13.3. The number of rotatable bonds is 1. The SMILES string of the molecule is CC(=O)N1CSCC1C(=O)N1CC(C)NC(C)C1. The molecular formula is C12H21N3O2S. The van der Waals surface area contributed by atoms with E-state index in [9.17, 15) is 9.59 Å². The largest absolute Gasteiger partial charge is 0.338 e. The highest BCUT2D eigenvalue weighted by Gasteiger charge is 2.37. The molecule has 2 aliphatic rings. The van der Waals surface area contributed by atoms with Crippen LogP contribution in [0.15, 0.2) is 0 Å². The Morgan fingerprint density at radius 3 is 2.39 bits per heavy atom. The molecule has 0 aromatic heterocycles. The van der Waals surface area contributed by atoms with Crippen molar-refractivity contribution in [1.82, 2.24) is 15.1 Å². The number of hydrogen-bond donors (Lipinski definition) is 1. The van der Waals surface area contributed by atoms with E-state index in [1.165, 1.54) is 6.92 Å². The van der Waals surface area contributed by atoms with Crippen LogP contribution in [0.1, 0.15) is 20.8 Å². The molecule has 3 unspecified atom stereocenters. The number of amides is 2. The Hall–Kier alpha value is -0.750.